The molecule has 0 radical (unpaired) electrons. The predicted molar refractivity (Wildman–Crippen MR) is 80.1 cm³/mol. The zero-order valence-electron chi connectivity index (χ0n) is 12.6. The number of nitrogens with two attached hydrogens (primary N) is 1. The number of rotatable bonds is 5. The largest absolute Gasteiger partial charge is 0.367 e. The molecule has 2 unspecified atom stereocenters. The molecule has 5 nitrogen and oxygen atoms in total. The van der Waals surface area contributed by atoms with E-state index in [1.54, 1.807) is 0 Å². The van der Waals surface area contributed by atoms with Gasteiger partial charge >= 0.3 is 0 Å². The summed E-state index contributed by atoms with van der Waals surface area (Å²) in [7, 11) is -3.91. The van der Waals surface area contributed by atoms with E-state index < -0.39 is 38.6 Å². The van der Waals surface area contributed by atoms with Crippen LogP contribution in [0.1, 0.15) is 44.6 Å². The van der Waals surface area contributed by atoms with Crippen LogP contribution in [0.25, 0.3) is 0 Å². The standard InChI is InChI=1S/C15H20FNO4S/c1-10(2)22(19,20)21-15(14(17)18)9-3-4-13(15)11-5-7-12(16)8-6-11/h5-8,10,13H,3-4,9H2,1-2H3,(H2,17,18). The van der Waals surface area contributed by atoms with E-state index in [-0.39, 0.29) is 6.42 Å². The van der Waals surface area contributed by atoms with Crippen LogP contribution in [0.3, 0.4) is 0 Å². The van der Waals surface area contributed by atoms with E-state index in [1.807, 2.05) is 0 Å². The van der Waals surface area contributed by atoms with Crippen molar-refractivity contribution in [2.75, 3.05) is 0 Å². The van der Waals surface area contributed by atoms with Gasteiger partial charge in [-0.05, 0) is 50.8 Å². The van der Waals surface area contributed by atoms with Crippen LogP contribution < -0.4 is 5.73 Å². The summed E-state index contributed by atoms with van der Waals surface area (Å²) in [4.78, 5) is 12.0. The second kappa shape index (κ2) is 5.96. The van der Waals surface area contributed by atoms with Gasteiger partial charge in [0.15, 0.2) is 5.60 Å². The van der Waals surface area contributed by atoms with Gasteiger partial charge in [0.1, 0.15) is 5.82 Å². The fourth-order valence-corrected chi connectivity index (χ4v) is 3.74. The summed E-state index contributed by atoms with van der Waals surface area (Å²) in [5.74, 6) is -1.70. The maximum absolute atomic E-state index is 13.1. The first-order valence-electron chi connectivity index (χ1n) is 7.19. The topological polar surface area (TPSA) is 86.5 Å². The maximum atomic E-state index is 13.1. The second-order valence-corrected chi connectivity index (χ2v) is 7.97. The molecule has 1 aliphatic carbocycles. The summed E-state index contributed by atoms with van der Waals surface area (Å²) in [6.07, 6.45) is 1.40. The minimum atomic E-state index is -3.91. The Kier molecular flexibility index (Phi) is 4.58. The van der Waals surface area contributed by atoms with Crippen molar-refractivity contribution in [3.63, 3.8) is 0 Å². The van der Waals surface area contributed by atoms with E-state index in [0.29, 0.717) is 18.4 Å². The van der Waals surface area contributed by atoms with E-state index in [1.165, 1.54) is 38.1 Å². The molecule has 0 aromatic heterocycles. The first-order chi connectivity index (χ1) is 10.2. The molecule has 0 aliphatic heterocycles. The number of primary amides is 1. The molecular weight excluding hydrogens is 309 g/mol. The number of hydrogen-bond acceptors (Lipinski definition) is 4. The lowest BCUT2D eigenvalue weighted by Crippen LogP contribution is -2.50. The van der Waals surface area contributed by atoms with Gasteiger partial charge < -0.3 is 5.73 Å². The first kappa shape index (κ1) is 16.9. The summed E-state index contributed by atoms with van der Waals surface area (Å²) in [6, 6.07) is 5.62. The number of carbonyl (C=O) groups is 1. The molecule has 0 saturated heterocycles. The third-order valence-electron chi connectivity index (χ3n) is 4.14. The fraction of sp³-hybridized carbons (Fsp3) is 0.533. The monoisotopic (exact) mass is 329 g/mol. The lowest BCUT2D eigenvalue weighted by atomic mass is 9.84. The summed E-state index contributed by atoms with van der Waals surface area (Å²) < 4.78 is 42.7. The lowest BCUT2D eigenvalue weighted by Gasteiger charge is -2.32. The highest BCUT2D eigenvalue weighted by atomic mass is 32.2. The van der Waals surface area contributed by atoms with Crippen molar-refractivity contribution < 1.29 is 21.8 Å². The van der Waals surface area contributed by atoms with Gasteiger partial charge in [0.05, 0.1) is 5.25 Å². The molecule has 2 atom stereocenters. The molecule has 1 saturated carbocycles. The van der Waals surface area contributed by atoms with Gasteiger partial charge in [0.25, 0.3) is 16.0 Å². The second-order valence-electron chi connectivity index (χ2n) is 5.87. The van der Waals surface area contributed by atoms with Crippen LogP contribution in [-0.2, 0) is 19.1 Å². The Morgan fingerprint density at radius 3 is 2.45 bits per heavy atom. The molecule has 1 aromatic carbocycles. The minimum Gasteiger partial charge on any atom is -0.367 e. The average molecular weight is 329 g/mol. The van der Waals surface area contributed by atoms with Crippen molar-refractivity contribution in [3.8, 4) is 0 Å². The molecule has 1 amide bonds. The Morgan fingerprint density at radius 1 is 1.36 bits per heavy atom. The minimum absolute atomic E-state index is 0.232. The Hall–Kier alpha value is -1.47. The van der Waals surface area contributed by atoms with E-state index in [4.69, 9.17) is 9.92 Å². The molecule has 0 spiro atoms. The van der Waals surface area contributed by atoms with E-state index in [2.05, 4.69) is 0 Å². The summed E-state index contributed by atoms with van der Waals surface area (Å²) in [5.41, 5.74) is 4.55. The SMILES string of the molecule is CC(C)S(=O)(=O)OC1(C(N)=O)CCCC1c1ccc(F)cc1. The third-order valence-corrected chi connectivity index (χ3v) is 5.82. The van der Waals surface area contributed by atoms with Crippen LogP contribution in [0.15, 0.2) is 24.3 Å². The van der Waals surface area contributed by atoms with E-state index in [9.17, 15) is 17.6 Å². The summed E-state index contributed by atoms with van der Waals surface area (Å²) in [5, 5.41) is -0.779. The summed E-state index contributed by atoms with van der Waals surface area (Å²) >= 11 is 0. The van der Waals surface area contributed by atoms with Gasteiger partial charge in [0.2, 0.25) is 0 Å². The quantitative estimate of drug-likeness (QED) is 0.838. The number of halogens is 1. The highest BCUT2D eigenvalue weighted by molar-refractivity contribution is 7.87. The van der Waals surface area contributed by atoms with Crippen LogP contribution in [-0.4, -0.2) is 25.2 Å². The molecule has 122 valence electrons. The van der Waals surface area contributed by atoms with Crippen molar-refractivity contribution in [3.05, 3.63) is 35.6 Å². The number of amides is 1. The Balaban J connectivity index is 2.45. The zero-order chi connectivity index (χ0) is 16.5. The number of hydrogen-bond donors (Lipinski definition) is 1. The highest BCUT2D eigenvalue weighted by Crippen LogP contribution is 2.46. The lowest BCUT2D eigenvalue weighted by molar-refractivity contribution is -0.134. The van der Waals surface area contributed by atoms with Gasteiger partial charge in [-0.1, -0.05) is 12.1 Å². The van der Waals surface area contributed by atoms with Gasteiger partial charge in [-0.25, -0.2) is 4.39 Å². The Labute approximate surface area is 129 Å². The molecule has 1 fully saturated rings. The molecule has 0 bridgehead atoms. The molecular formula is C15H20FNO4S. The highest BCUT2D eigenvalue weighted by Gasteiger charge is 2.53. The molecule has 2 N–H and O–H groups in total. The van der Waals surface area contributed by atoms with Crippen LogP contribution in [0, 0.1) is 5.82 Å². The Bertz CT molecular complexity index is 657. The van der Waals surface area contributed by atoms with Crippen molar-refractivity contribution >= 4 is 16.0 Å². The van der Waals surface area contributed by atoms with Crippen LogP contribution in [0.2, 0.25) is 0 Å². The van der Waals surface area contributed by atoms with Gasteiger partial charge in [0, 0.05) is 5.92 Å². The van der Waals surface area contributed by atoms with Crippen LogP contribution in [0.4, 0.5) is 4.39 Å². The number of carbonyl (C=O) groups excluding carboxylic acids is 1. The Morgan fingerprint density at radius 2 is 1.95 bits per heavy atom. The first-order valence-corrected chi connectivity index (χ1v) is 8.66. The smallest absolute Gasteiger partial charge is 0.270 e. The maximum Gasteiger partial charge on any atom is 0.270 e. The molecule has 0 heterocycles. The van der Waals surface area contributed by atoms with E-state index in [0.717, 1.165) is 0 Å². The molecule has 22 heavy (non-hydrogen) atoms. The fourth-order valence-electron chi connectivity index (χ4n) is 2.85. The molecule has 2 rings (SSSR count). The van der Waals surface area contributed by atoms with Crippen LogP contribution >= 0.6 is 0 Å². The van der Waals surface area contributed by atoms with Crippen molar-refractivity contribution in [2.24, 2.45) is 5.73 Å². The van der Waals surface area contributed by atoms with Gasteiger partial charge in [-0.3, -0.25) is 8.98 Å². The van der Waals surface area contributed by atoms with Gasteiger partial charge in [-0.2, -0.15) is 8.42 Å². The molecule has 1 aliphatic rings. The molecule has 7 heteroatoms. The normalized spacial score (nSPS) is 25.5. The van der Waals surface area contributed by atoms with Crippen LogP contribution in [0.5, 0.6) is 0 Å². The molecule has 1 aromatic rings. The van der Waals surface area contributed by atoms with Gasteiger partial charge in [-0.15, -0.1) is 0 Å². The number of benzene rings is 1. The average Bonchev–Trinajstić information content (AvgIpc) is 2.84. The predicted octanol–water partition coefficient (Wildman–Crippen LogP) is 2.07. The van der Waals surface area contributed by atoms with E-state index >= 15 is 0 Å². The van der Waals surface area contributed by atoms with Crippen molar-refractivity contribution in [2.45, 2.75) is 49.9 Å². The van der Waals surface area contributed by atoms with Crippen molar-refractivity contribution in [1.82, 2.24) is 0 Å². The summed E-state index contributed by atoms with van der Waals surface area (Å²) in [6.45, 7) is 2.96. The third kappa shape index (κ3) is 3.01. The zero-order valence-corrected chi connectivity index (χ0v) is 13.4. The van der Waals surface area contributed by atoms with Crippen molar-refractivity contribution in [1.29, 1.82) is 0 Å².